The lowest BCUT2D eigenvalue weighted by molar-refractivity contribution is 0.0118. The maximum Gasteiger partial charge on any atom is 0.410 e. The van der Waals surface area contributed by atoms with Crippen molar-refractivity contribution < 1.29 is 30.6 Å². The van der Waals surface area contributed by atoms with E-state index in [9.17, 15) is 25.9 Å². The highest BCUT2D eigenvalue weighted by Gasteiger charge is 2.25. The first-order valence-electron chi connectivity index (χ1n) is 5.09. The third kappa shape index (κ3) is 9.08. The summed E-state index contributed by atoms with van der Waals surface area (Å²) in [6.07, 6.45) is -3.97. The molecule has 0 aliphatic rings. The van der Waals surface area contributed by atoms with E-state index in [1.807, 2.05) is 0 Å². The molecule has 0 saturated carbocycles. The Morgan fingerprint density at radius 3 is 2.17 bits per heavy atom. The van der Waals surface area contributed by atoms with Gasteiger partial charge in [0.25, 0.3) is 6.43 Å². The number of carbonyl (C=O) groups excluding carboxylic acids is 1. The summed E-state index contributed by atoms with van der Waals surface area (Å²) in [5.74, 6) is -1.04. The second kappa shape index (κ2) is 6.26. The van der Waals surface area contributed by atoms with E-state index < -0.39 is 47.2 Å². The molecule has 0 aromatic carbocycles. The summed E-state index contributed by atoms with van der Waals surface area (Å²) in [7, 11) is -4.83. The third-order valence-electron chi connectivity index (χ3n) is 1.62. The van der Waals surface area contributed by atoms with Gasteiger partial charge in [-0.1, -0.05) is 0 Å². The van der Waals surface area contributed by atoms with E-state index in [1.165, 1.54) is 20.8 Å². The molecule has 18 heavy (non-hydrogen) atoms. The Balaban J connectivity index is 4.62. The lowest BCUT2D eigenvalue weighted by Gasteiger charge is -2.26. The van der Waals surface area contributed by atoms with E-state index in [0.29, 0.717) is 4.90 Å². The quantitative estimate of drug-likeness (QED) is 0.724. The summed E-state index contributed by atoms with van der Waals surface area (Å²) in [5.41, 5.74) is -0.911. The molecule has 0 heterocycles. The average molecular weight is 291 g/mol. The maximum absolute atomic E-state index is 12.3. The monoisotopic (exact) mass is 291 g/mol. The van der Waals surface area contributed by atoms with Gasteiger partial charge in [0.1, 0.15) is 5.60 Å². The van der Waals surface area contributed by atoms with E-state index in [0.717, 1.165) is 0 Å². The predicted octanol–water partition coefficient (Wildman–Crippen LogP) is 1.79. The molecule has 0 aromatic rings. The summed E-state index contributed by atoms with van der Waals surface area (Å²) in [5, 5.41) is 0. The molecule has 108 valence electrons. The van der Waals surface area contributed by atoms with Gasteiger partial charge < -0.3 is 9.64 Å². The van der Waals surface area contributed by atoms with E-state index >= 15 is 0 Å². The number of nitrogens with zero attached hydrogens (tertiary/aromatic N) is 1. The van der Waals surface area contributed by atoms with Crippen LogP contribution in [0.25, 0.3) is 0 Å². The normalized spacial score (nSPS) is 12.6. The molecule has 0 atom stereocenters. The SMILES string of the molecule is CC(C)(C)OC(=O)N(CCS(=O)(=O)F)CC(F)F. The molecule has 0 fully saturated rings. The molecule has 0 saturated heterocycles. The van der Waals surface area contributed by atoms with Crippen LogP contribution in [0.2, 0.25) is 0 Å². The van der Waals surface area contributed by atoms with Crippen LogP contribution in [0.5, 0.6) is 0 Å². The van der Waals surface area contributed by atoms with Crippen LogP contribution in [-0.4, -0.2) is 50.3 Å². The number of rotatable bonds is 5. The van der Waals surface area contributed by atoms with Gasteiger partial charge >= 0.3 is 16.3 Å². The third-order valence-corrected chi connectivity index (χ3v) is 2.29. The molecule has 9 heteroatoms. The van der Waals surface area contributed by atoms with E-state index in [2.05, 4.69) is 0 Å². The Hall–Kier alpha value is -0.990. The zero-order valence-corrected chi connectivity index (χ0v) is 11.1. The van der Waals surface area contributed by atoms with Crippen LogP contribution in [0.4, 0.5) is 17.5 Å². The predicted molar refractivity (Wildman–Crippen MR) is 58.7 cm³/mol. The van der Waals surface area contributed by atoms with E-state index in [-0.39, 0.29) is 0 Å². The van der Waals surface area contributed by atoms with Crippen LogP contribution < -0.4 is 0 Å². The van der Waals surface area contributed by atoms with E-state index in [4.69, 9.17) is 4.74 Å². The summed E-state index contributed by atoms with van der Waals surface area (Å²) in [4.78, 5) is 11.9. The highest BCUT2D eigenvalue weighted by Crippen LogP contribution is 2.11. The van der Waals surface area contributed by atoms with Crippen LogP contribution >= 0.6 is 0 Å². The van der Waals surface area contributed by atoms with Gasteiger partial charge in [-0.2, -0.15) is 8.42 Å². The zero-order chi connectivity index (χ0) is 14.6. The molecular weight excluding hydrogens is 275 g/mol. The summed E-state index contributed by atoms with van der Waals surface area (Å²) in [6, 6.07) is 0. The van der Waals surface area contributed by atoms with Gasteiger partial charge in [-0.15, -0.1) is 3.89 Å². The standard InChI is InChI=1S/C9H16F3NO4S/c1-9(2,3)17-8(14)13(6-7(10)11)4-5-18(12,15)16/h7H,4-6H2,1-3H3. The molecule has 0 N–H and O–H groups in total. The van der Waals surface area contributed by atoms with Crippen molar-refractivity contribution in [3.63, 3.8) is 0 Å². The first kappa shape index (κ1) is 17.0. The molecule has 0 rings (SSSR count). The molecule has 0 aliphatic carbocycles. The van der Waals surface area contributed by atoms with Gasteiger partial charge in [0.05, 0.1) is 12.3 Å². The summed E-state index contributed by atoms with van der Waals surface area (Å²) >= 11 is 0. The van der Waals surface area contributed by atoms with Crippen molar-refractivity contribution in [2.24, 2.45) is 0 Å². The number of amides is 1. The lowest BCUT2D eigenvalue weighted by atomic mass is 10.2. The number of ether oxygens (including phenoxy) is 1. The summed E-state index contributed by atoms with van der Waals surface area (Å²) in [6.45, 7) is 2.88. The highest BCUT2D eigenvalue weighted by molar-refractivity contribution is 7.86. The topological polar surface area (TPSA) is 63.7 Å². The first-order valence-corrected chi connectivity index (χ1v) is 6.64. The summed E-state index contributed by atoms with van der Waals surface area (Å²) < 4.78 is 62.1. The van der Waals surface area contributed by atoms with Crippen LogP contribution in [-0.2, 0) is 15.0 Å². The molecule has 0 bridgehead atoms. The number of hydrogen-bond donors (Lipinski definition) is 0. The van der Waals surface area contributed by atoms with E-state index in [1.54, 1.807) is 0 Å². The molecule has 5 nitrogen and oxygen atoms in total. The minimum Gasteiger partial charge on any atom is -0.444 e. The van der Waals surface area contributed by atoms with Crippen molar-refractivity contribution in [3.05, 3.63) is 0 Å². The molecule has 0 spiro atoms. The molecule has 0 aliphatic heterocycles. The van der Waals surface area contributed by atoms with Gasteiger partial charge in [-0.25, -0.2) is 13.6 Å². The van der Waals surface area contributed by atoms with Crippen molar-refractivity contribution in [2.45, 2.75) is 32.8 Å². The smallest absolute Gasteiger partial charge is 0.410 e. The lowest BCUT2D eigenvalue weighted by Crippen LogP contribution is -2.41. The number of alkyl halides is 2. The van der Waals surface area contributed by atoms with Crippen molar-refractivity contribution in [2.75, 3.05) is 18.8 Å². The minimum atomic E-state index is -4.83. The minimum absolute atomic E-state index is 0.465. The van der Waals surface area contributed by atoms with Crippen LogP contribution in [0.3, 0.4) is 0 Å². The van der Waals surface area contributed by atoms with Crippen molar-refractivity contribution in [3.8, 4) is 0 Å². The van der Waals surface area contributed by atoms with Crippen molar-refractivity contribution in [1.29, 1.82) is 0 Å². The fraction of sp³-hybridized carbons (Fsp3) is 0.889. The Morgan fingerprint density at radius 2 is 1.83 bits per heavy atom. The number of halogens is 3. The van der Waals surface area contributed by atoms with Crippen LogP contribution in [0.1, 0.15) is 20.8 Å². The van der Waals surface area contributed by atoms with Gasteiger partial charge in [0.15, 0.2) is 0 Å². The molecular formula is C9H16F3NO4S. The largest absolute Gasteiger partial charge is 0.444 e. The van der Waals surface area contributed by atoms with Gasteiger partial charge in [-0.3, -0.25) is 0 Å². The zero-order valence-electron chi connectivity index (χ0n) is 10.3. The maximum atomic E-state index is 12.3. The van der Waals surface area contributed by atoms with Crippen molar-refractivity contribution >= 4 is 16.3 Å². The van der Waals surface area contributed by atoms with Crippen LogP contribution in [0.15, 0.2) is 0 Å². The Bertz CT molecular complexity index is 378. The van der Waals surface area contributed by atoms with Gasteiger partial charge in [0, 0.05) is 6.54 Å². The van der Waals surface area contributed by atoms with Crippen molar-refractivity contribution in [1.82, 2.24) is 4.90 Å². The Kier molecular flexibility index (Phi) is 5.91. The fourth-order valence-electron chi connectivity index (χ4n) is 0.969. The first-order chi connectivity index (χ1) is 7.91. The van der Waals surface area contributed by atoms with Crippen LogP contribution in [0, 0.1) is 0 Å². The second-order valence-electron chi connectivity index (χ2n) is 4.56. The molecule has 0 unspecified atom stereocenters. The highest BCUT2D eigenvalue weighted by atomic mass is 32.3. The molecule has 1 amide bonds. The Labute approximate surface area is 104 Å². The number of hydrogen-bond acceptors (Lipinski definition) is 4. The van der Waals surface area contributed by atoms with Gasteiger partial charge in [-0.05, 0) is 20.8 Å². The molecule has 0 radical (unpaired) electrons. The Morgan fingerprint density at radius 1 is 1.33 bits per heavy atom. The average Bonchev–Trinajstić information content (AvgIpc) is 2.06. The fourth-order valence-corrected chi connectivity index (χ4v) is 1.41. The van der Waals surface area contributed by atoms with Gasteiger partial charge in [0.2, 0.25) is 0 Å². The second-order valence-corrected chi connectivity index (χ2v) is 6.05. The number of carbonyl (C=O) groups is 1. The molecule has 0 aromatic heterocycles.